The lowest BCUT2D eigenvalue weighted by Crippen LogP contribution is -2.25. The molecule has 2 rings (SSSR count). The summed E-state index contributed by atoms with van der Waals surface area (Å²) in [5, 5.41) is 8.71. The second-order valence-electron chi connectivity index (χ2n) is 5.03. The number of anilines is 1. The summed E-state index contributed by atoms with van der Waals surface area (Å²) in [7, 11) is 3.80. The van der Waals surface area contributed by atoms with Crippen molar-refractivity contribution in [1.29, 1.82) is 0 Å². The fraction of sp³-hybridized carbons (Fsp3) is 0.533. The van der Waals surface area contributed by atoms with Crippen LogP contribution in [0, 0.1) is 0 Å². The molecule has 19 heavy (non-hydrogen) atoms. The van der Waals surface area contributed by atoms with Gasteiger partial charge in [-0.3, -0.25) is 4.79 Å². The molecule has 1 aromatic carbocycles. The number of benzene rings is 1. The third-order valence-corrected chi connectivity index (χ3v) is 3.69. The molecule has 0 amide bonds. The number of hydrogen-bond acceptors (Lipinski definition) is 3. The van der Waals surface area contributed by atoms with Crippen LogP contribution in [0.3, 0.4) is 0 Å². The van der Waals surface area contributed by atoms with E-state index < -0.39 is 5.97 Å². The van der Waals surface area contributed by atoms with Crippen LogP contribution < -0.4 is 9.64 Å². The van der Waals surface area contributed by atoms with Crippen molar-refractivity contribution < 1.29 is 14.6 Å². The molecule has 0 saturated carbocycles. The smallest absolute Gasteiger partial charge is 0.303 e. The summed E-state index contributed by atoms with van der Waals surface area (Å²) in [5.41, 5.74) is 3.63. The standard InChI is InChI=1S/C15H21NO3/c1-16-10-4-6-12-13(16)9-8-11(15(12)19-2)5-3-7-14(17)18/h8-9H,3-7,10H2,1-2H3,(H,17,18). The Bertz CT molecular complexity index is 471. The third kappa shape index (κ3) is 3.00. The molecule has 0 bridgehead atoms. The van der Waals surface area contributed by atoms with Crippen molar-refractivity contribution in [1.82, 2.24) is 0 Å². The highest BCUT2D eigenvalue weighted by molar-refractivity contribution is 5.67. The number of nitrogens with zero attached hydrogens (tertiary/aromatic N) is 1. The first-order valence-corrected chi connectivity index (χ1v) is 6.75. The van der Waals surface area contributed by atoms with E-state index in [4.69, 9.17) is 9.84 Å². The van der Waals surface area contributed by atoms with Gasteiger partial charge in [0.1, 0.15) is 5.75 Å². The minimum absolute atomic E-state index is 0.208. The van der Waals surface area contributed by atoms with Gasteiger partial charge in [-0.15, -0.1) is 0 Å². The number of ether oxygens (including phenoxy) is 1. The Morgan fingerprint density at radius 2 is 2.26 bits per heavy atom. The topological polar surface area (TPSA) is 49.8 Å². The van der Waals surface area contributed by atoms with Gasteiger partial charge in [-0.1, -0.05) is 6.07 Å². The van der Waals surface area contributed by atoms with Crippen LogP contribution in [0.1, 0.15) is 30.4 Å². The first kappa shape index (κ1) is 13.7. The molecule has 0 radical (unpaired) electrons. The van der Waals surface area contributed by atoms with Crippen molar-refractivity contribution in [2.45, 2.75) is 32.1 Å². The van der Waals surface area contributed by atoms with Gasteiger partial charge in [-0.2, -0.15) is 0 Å². The van der Waals surface area contributed by atoms with Crippen LogP contribution >= 0.6 is 0 Å². The number of carbonyl (C=O) groups is 1. The van der Waals surface area contributed by atoms with Gasteiger partial charge in [0, 0.05) is 31.3 Å². The highest BCUT2D eigenvalue weighted by Gasteiger charge is 2.20. The average Bonchev–Trinajstić information content (AvgIpc) is 2.38. The maximum atomic E-state index is 10.6. The molecule has 4 heteroatoms. The van der Waals surface area contributed by atoms with Gasteiger partial charge in [-0.05, 0) is 37.3 Å². The van der Waals surface area contributed by atoms with Crippen molar-refractivity contribution in [2.24, 2.45) is 0 Å². The zero-order chi connectivity index (χ0) is 13.8. The molecule has 1 aromatic rings. The van der Waals surface area contributed by atoms with Crippen LogP contribution in [-0.4, -0.2) is 31.8 Å². The molecule has 0 saturated heterocycles. The molecule has 1 aliphatic rings. The van der Waals surface area contributed by atoms with Crippen LogP contribution in [0.5, 0.6) is 5.75 Å². The van der Waals surface area contributed by atoms with Crippen molar-refractivity contribution in [2.75, 3.05) is 25.6 Å². The van der Waals surface area contributed by atoms with Gasteiger partial charge in [0.25, 0.3) is 0 Å². The molecule has 104 valence electrons. The zero-order valence-corrected chi connectivity index (χ0v) is 11.6. The molecule has 0 aliphatic carbocycles. The molecule has 0 fully saturated rings. The molecule has 0 aromatic heterocycles. The fourth-order valence-electron chi connectivity index (χ4n) is 2.76. The number of methoxy groups -OCH3 is 1. The van der Waals surface area contributed by atoms with E-state index in [1.807, 2.05) is 0 Å². The maximum Gasteiger partial charge on any atom is 0.303 e. The summed E-state index contributed by atoms with van der Waals surface area (Å²) in [6.07, 6.45) is 3.79. The number of hydrogen-bond donors (Lipinski definition) is 1. The molecule has 1 N–H and O–H groups in total. The normalized spacial score (nSPS) is 14.1. The van der Waals surface area contributed by atoms with Crippen LogP contribution in [-0.2, 0) is 17.6 Å². The highest BCUT2D eigenvalue weighted by atomic mass is 16.5. The van der Waals surface area contributed by atoms with Gasteiger partial charge >= 0.3 is 5.97 Å². The van der Waals surface area contributed by atoms with Crippen molar-refractivity contribution >= 4 is 11.7 Å². The number of carboxylic acid groups (broad SMARTS) is 1. The molecule has 1 aliphatic heterocycles. The Hall–Kier alpha value is -1.71. The van der Waals surface area contributed by atoms with Gasteiger partial charge in [-0.25, -0.2) is 0 Å². The van der Waals surface area contributed by atoms with Gasteiger partial charge in [0.15, 0.2) is 0 Å². The summed E-state index contributed by atoms with van der Waals surface area (Å²) in [4.78, 5) is 12.8. The van der Waals surface area contributed by atoms with Crippen molar-refractivity contribution in [3.05, 3.63) is 23.3 Å². The van der Waals surface area contributed by atoms with Crippen LogP contribution in [0.4, 0.5) is 5.69 Å². The Morgan fingerprint density at radius 3 is 2.95 bits per heavy atom. The molecular weight excluding hydrogens is 242 g/mol. The number of aryl methyl sites for hydroxylation is 1. The molecule has 1 heterocycles. The molecule has 4 nitrogen and oxygen atoms in total. The monoisotopic (exact) mass is 263 g/mol. The van der Waals surface area contributed by atoms with E-state index in [0.29, 0.717) is 6.42 Å². The predicted molar refractivity (Wildman–Crippen MR) is 75.2 cm³/mol. The van der Waals surface area contributed by atoms with E-state index in [1.165, 1.54) is 11.3 Å². The quantitative estimate of drug-likeness (QED) is 0.886. The Balaban J connectivity index is 2.22. The van der Waals surface area contributed by atoms with Crippen molar-refractivity contribution in [3.8, 4) is 5.75 Å². The Kier molecular flexibility index (Phi) is 4.30. The SMILES string of the molecule is COc1c(CCCC(=O)O)ccc2c1CCCN2C. The van der Waals surface area contributed by atoms with Crippen LogP contribution in [0.25, 0.3) is 0 Å². The lowest BCUT2D eigenvalue weighted by molar-refractivity contribution is -0.137. The summed E-state index contributed by atoms with van der Waals surface area (Å²) in [5.74, 6) is 0.214. The summed E-state index contributed by atoms with van der Waals surface area (Å²) in [6, 6.07) is 4.20. The summed E-state index contributed by atoms with van der Waals surface area (Å²) < 4.78 is 5.58. The van der Waals surface area contributed by atoms with E-state index >= 15 is 0 Å². The van der Waals surface area contributed by atoms with E-state index in [2.05, 4.69) is 24.1 Å². The lowest BCUT2D eigenvalue weighted by Gasteiger charge is -2.29. The first-order valence-electron chi connectivity index (χ1n) is 6.75. The lowest BCUT2D eigenvalue weighted by atomic mass is 9.96. The third-order valence-electron chi connectivity index (χ3n) is 3.69. The molecular formula is C15H21NO3. The molecule has 0 unspecified atom stereocenters. The minimum atomic E-state index is -0.739. The molecule has 0 spiro atoms. The van der Waals surface area contributed by atoms with E-state index in [0.717, 1.165) is 37.1 Å². The van der Waals surface area contributed by atoms with Crippen LogP contribution in [0.2, 0.25) is 0 Å². The zero-order valence-electron chi connectivity index (χ0n) is 11.6. The predicted octanol–water partition coefficient (Wildman–Crippen LogP) is 2.48. The summed E-state index contributed by atoms with van der Waals surface area (Å²) >= 11 is 0. The second-order valence-corrected chi connectivity index (χ2v) is 5.03. The Morgan fingerprint density at radius 1 is 1.47 bits per heavy atom. The largest absolute Gasteiger partial charge is 0.496 e. The molecule has 0 atom stereocenters. The van der Waals surface area contributed by atoms with Crippen LogP contribution in [0.15, 0.2) is 12.1 Å². The first-order chi connectivity index (χ1) is 9.13. The maximum absolute atomic E-state index is 10.6. The minimum Gasteiger partial charge on any atom is -0.496 e. The Labute approximate surface area is 114 Å². The average molecular weight is 263 g/mol. The second kappa shape index (κ2) is 5.95. The van der Waals surface area contributed by atoms with Gasteiger partial charge in [0.05, 0.1) is 7.11 Å². The summed E-state index contributed by atoms with van der Waals surface area (Å²) in [6.45, 7) is 1.08. The number of fused-ring (bicyclic) bond motifs is 1. The number of carboxylic acids is 1. The van der Waals surface area contributed by atoms with E-state index in [9.17, 15) is 4.79 Å². The van der Waals surface area contributed by atoms with E-state index in [-0.39, 0.29) is 6.42 Å². The van der Waals surface area contributed by atoms with E-state index in [1.54, 1.807) is 7.11 Å². The van der Waals surface area contributed by atoms with Gasteiger partial charge in [0.2, 0.25) is 0 Å². The number of aliphatic carboxylic acids is 1. The highest BCUT2D eigenvalue weighted by Crippen LogP contribution is 2.36. The number of rotatable bonds is 5. The fourth-order valence-corrected chi connectivity index (χ4v) is 2.76. The van der Waals surface area contributed by atoms with Gasteiger partial charge < -0.3 is 14.7 Å². The van der Waals surface area contributed by atoms with Crippen molar-refractivity contribution in [3.63, 3.8) is 0 Å².